The Balaban J connectivity index is 2.34. The Morgan fingerprint density at radius 1 is 1.39 bits per heavy atom. The number of rotatable bonds is 4. The summed E-state index contributed by atoms with van der Waals surface area (Å²) >= 11 is 0. The Bertz CT molecular complexity index is 320. The lowest BCUT2D eigenvalue weighted by atomic mass is 9.98. The second kappa shape index (κ2) is 6.03. The van der Waals surface area contributed by atoms with Gasteiger partial charge >= 0.3 is 18.1 Å². The minimum Gasteiger partial charge on any atom is -0.480 e. The summed E-state index contributed by atoms with van der Waals surface area (Å²) in [6.45, 7) is 0.818. The van der Waals surface area contributed by atoms with Gasteiger partial charge in [-0.15, -0.1) is 0 Å². The lowest BCUT2D eigenvalue weighted by Crippen LogP contribution is -2.45. The fourth-order valence-electron chi connectivity index (χ4n) is 1.99. The van der Waals surface area contributed by atoms with Crippen LogP contribution in [0.5, 0.6) is 0 Å². The van der Waals surface area contributed by atoms with Gasteiger partial charge in [0.2, 0.25) is 0 Å². The first-order valence-corrected chi connectivity index (χ1v) is 5.58. The van der Waals surface area contributed by atoms with E-state index in [4.69, 9.17) is 5.11 Å². The van der Waals surface area contributed by atoms with Gasteiger partial charge in [-0.1, -0.05) is 0 Å². The topological polar surface area (TPSA) is 69.6 Å². The normalized spacial score (nSPS) is 21.6. The Kier molecular flexibility index (Phi) is 4.94. The van der Waals surface area contributed by atoms with Crippen molar-refractivity contribution in [2.45, 2.75) is 19.0 Å². The molecule has 1 heterocycles. The first-order chi connectivity index (χ1) is 8.29. The second-order valence-corrected chi connectivity index (χ2v) is 4.34. The number of carboxylic acids is 1. The second-order valence-electron chi connectivity index (χ2n) is 4.34. The summed E-state index contributed by atoms with van der Waals surface area (Å²) in [6, 6.07) is 0. The molecule has 0 saturated carbocycles. The first kappa shape index (κ1) is 14.7. The Hall–Kier alpha value is -1.31. The van der Waals surface area contributed by atoms with Gasteiger partial charge in [0.1, 0.15) is 0 Å². The zero-order valence-corrected chi connectivity index (χ0v) is 9.66. The van der Waals surface area contributed by atoms with Crippen LogP contribution in [-0.2, 0) is 9.59 Å². The molecule has 8 heteroatoms. The predicted octanol–water partition coefficient (Wildman–Crippen LogP) is 0.461. The molecule has 0 aromatic rings. The molecule has 1 rings (SSSR count). The molecule has 1 amide bonds. The van der Waals surface area contributed by atoms with Crippen molar-refractivity contribution in [3.05, 3.63) is 0 Å². The van der Waals surface area contributed by atoms with E-state index in [-0.39, 0.29) is 19.0 Å². The van der Waals surface area contributed by atoms with Crippen LogP contribution in [0.15, 0.2) is 0 Å². The molecule has 1 aliphatic rings. The lowest BCUT2D eigenvalue weighted by Gasteiger charge is -2.31. The summed E-state index contributed by atoms with van der Waals surface area (Å²) in [5.74, 6) is -3.04. The van der Waals surface area contributed by atoms with Crippen molar-refractivity contribution < 1.29 is 27.9 Å². The number of carbonyl (C=O) groups excluding carboxylic acids is 1. The van der Waals surface area contributed by atoms with E-state index < -0.39 is 18.1 Å². The number of nitrogens with zero attached hydrogens (tertiary/aromatic N) is 1. The largest absolute Gasteiger partial charge is 0.480 e. The van der Waals surface area contributed by atoms with Crippen LogP contribution in [0, 0.1) is 5.92 Å². The molecule has 0 spiro atoms. The molecule has 0 aliphatic carbocycles. The molecule has 1 fully saturated rings. The van der Waals surface area contributed by atoms with Crippen LogP contribution >= 0.6 is 0 Å². The van der Waals surface area contributed by atoms with Crippen LogP contribution in [0.25, 0.3) is 0 Å². The van der Waals surface area contributed by atoms with E-state index >= 15 is 0 Å². The van der Waals surface area contributed by atoms with Crippen LogP contribution in [-0.4, -0.2) is 54.2 Å². The van der Waals surface area contributed by atoms with E-state index in [1.807, 2.05) is 5.32 Å². The molecular formula is C10H15F3N2O3. The summed E-state index contributed by atoms with van der Waals surface area (Å²) < 4.78 is 35.9. The molecule has 0 aromatic carbocycles. The number of halogens is 3. The Morgan fingerprint density at radius 3 is 2.61 bits per heavy atom. The van der Waals surface area contributed by atoms with Gasteiger partial charge in [0, 0.05) is 13.1 Å². The molecule has 18 heavy (non-hydrogen) atoms. The highest BCUT2D eigenvalue weighted by atomic mass is 19.4. The molecular weight excluding hydrogens is 253 g/mol. The summed E-state index contributed by atoms with van der Waals surface area (Å²) in [6.07, 6.45) is -3.45. The van der Waals surface area contributed by atoms with E-state index in [1.165, 1.54) is 0 Å². The van der Waals surface area contributed by atoms with Crippen LogP contribution in [0.1, 0.15) is 12.8 Å². The van der Waals surface area contributed by atoms with Crippen LogP contribution < -0.4 is 5.32 Å². The quantitative estimate of drug-likeness (QED) is 0.777. The molecule has 1 unspecified atom stereocenters. The number of likely N-dealkylation sites (tertiary alicyclic amines) is 1. The number of nitrogens with one attached hydrogen (secondary N) is 1. The molecule has 1 saturated heterocycles. The Labute approximate surface area is 102 Å². The number of piperidine rings is 1. The van der Waals surface area contributed by atoms with Crippen molar-refractivity contribution >= 4 is 11.9 Å². The number of hydrogen-bond donors (Lipinski definition) is 2. The molecule has 2 N–H and O–H groups in total. The smallest absolute Gasteiger partial charge is 0.471 e. The maximum absolute atomic E-state index is 12.0. The zero-order valence-electron chi connectivity index (χ0n) is 9.66. The average Bonchev–Trinajstić information content (AvgIpc) is 2.24. The third kappa shape index (κ3) is 4.91. The van der Waals surface area contributed by atoms with E-state index in [0.29, 0.717) is 19.5 Å². The molecule has 104 valence electrons. The van der Waals surface area contributed by atoms with Crippen LogP contribution in [0.2, 0.25) is 0 Å². The standard InChI is InChI=1S/C10H15F3N2O3/c11-10(12,13)9(18)14-4-7-2-1-3-15(5-7)6-8(16)17/h7H,1-6H2,(H,14,18)(H,16,17). The molecule has 5 nitrogen and oxygen atoms in total. The summed E-state index contributed by atoms with van der Waals surface area (Å²) in [5.41, 5.74) is 0. The molecule has 1 aliphatic heterocycles. The number of carbonyl (C=O) groups is 2. The summed E-state index contributed by atoms with van der Waals surface area (Å²) in [7, 11) is 0. The van der Waals surface area contributed by atoms with Gasteiger partial charge in [-0.25, -0.2) is 0 Å². The lowest BCUT2D eigenvalue weighted by molar-refractivity contribution is -0.173. The summed E-state index contributed by atoms with van der Waals surface area (Å²) in [4.78, 5) is 22.8. The number of amides is 1. The maximum atomic E-state index is 12.0. The fraction of sp³-hybridized carbons (Fsp3) is 0.800. The van der Waals surface area contributed by atoms with Crippen molar-refractivity contribution in [3.8, 4) is 0 Å². The van der Waals surface area contributed by atoms with Gasteiger partial charge in [-0.3, -0.25) is 14.5 Å². The fourth-order valence-corrected chi connectivity index (χ4v) is 1.99. The zero-order chi connectivity index (χ0) is 13.8. The third-order valence-corrected chi connectivity index (χ3v) is 2.77. The number of alkyl halides is 3. The predicted molar refractivity (Wildman–Crippen MR) is 55.9 cm³/mol. The summed E-state index contributed by atoms with van der Waals surface area (Å²) in [5, 5.41) is 10.4. The van der Waals surface area contributed by atoms with E-state index in [2.05, 4.69) is 0 Å². The monoisotopic (exact) mass is 268 g/mol. The molecule has 1 atom stereocenters. The number of carboxylic acid groups (broad SMARTS) is 1. The van der Waals surface area contributed by atoms with Crippen molar-refractivity contribution in [1.82, 2.24) is 10.2 Å². The molecule has 0 bridgehead atoms. The highest BCUT2D eigenvalue weighted by molar-refractivity contribution is 5.81. The Morgan fingerprint density at radius 2 is 2.06 bits per heavy atom. The number of hydrogen-bond acceptors (Lipinski definition) is 3. The highest BCUT2D eigenvalue weighted by Gasteiger charge is 2.38. The van der Waals surface area contributed by atoms with Crippen LogP contribution in [0.4, 0.5) is 13.2 Å². The highest BCUT2D eigenvalue weighted by Crippen LogP contribution is 2.17. The van der Waals surface area contributed by atoms with Crippen molar-refractivity contribution in [1.29, 1.82) is 0 Å². The third-order valence-electron chi connectivity index (χ3n) is 2.77. The van der Waals surface area contributed by atoms with Gasteiger partial charge in [-0.05, 0) is 25.3 Å². The van der Waals surface area contributed by atoms with Gasteiger partial charge in [-0.2, -0.15) is 13.2 Å². The molecule has 0 radical (unpaired) electrons. The van der Waals surface area contributed by atoms with Gasteiger partial charge in [0.15, 0.2) is 0 Å². The average molecular weight is 268 g/mol. The van der Waals surface area contributed by atoms with E-state index in [9.17, 15) is 22.8 Å². The minimum atomic E-state index is -4.87. The first-order valence-electron chi connectivity index (χ1n) is 5.58. The van der Waals surface area contributed by atoms with Gasteiger partial charge in [0.25, 0.3) is 0 Å². The van der Waals surface area contributed by atoms with E-state index in [1.54, 1.807) is 4.90 Å². The van der Waals surface area contributed by atoms with Crippen molar-refractivity contribution in [3.63, 3.8) is 0 Å². The van der Waals surface area contributed by atoms with Gasteiger partial charge < -0.3 is 10.4 Å². The van der Waals surface area contributed by atoms with Crippen molar-refractivity contribution in [2.75, 3.05) is 26.2 Å². The van der Waals surface area contributed by atoms with Crippen molar-refractivity contribution in [2.24, 2.45) is 5.92 Å². The van der Waals surface area contributed by atoms with Crippen LogP contribution in [0.3, 0.4) is 0 Å². The maximum Gasteiger partial charge on any atom is 0.471 e. The SMILES string of the molecule is O=C(O)CN1CCCC(CNC(=O)C(F)(F)F)C1. The van der Waals surface area contributed by atoms with Gasteiger partial charge in [0.05, 0.1) is 6.54 Å². The van der Waals surface area contributed by atoms with E-state index in [0.717, 1.165) is 6.42 Å². The molecule has 0 aromatic heterocycles. The number of aliphatic carboxylic acids is 1. The minimum absolute atomic E-state index is 0.0749.